The second-order valence-electron chi connectivity index (χ2n) is 3.00. The van der Waals surface area contributed by atoms with E-state index in [4.69, 9.17) is 0 Å². The minimum absolute atomic E-state index is 0. The van der Waals surface area contributed by atoms with Crippen molar-refractivity contribution in [3.05, 3.63) is 0 Å². The summed E-state index contributed by atoms with van der Waals surface area (Å²) in [6.07, 6.45) is 0. The highest BCUT2D eigenvalue weighted by Crippen LogP contribution is 1.65. The van der Waals surface area contributed by atoms with Gasteiger partial charge in [0.05, 0.1) is 0 Å². The molecule has 1 rings (SSSR count). The van der Waals surface area contributed by atoms with Crippen LogP contribution in [0.2, 0.25) is 0 Å². The predicted molar refractivity (Wildman–Crippen MR) is 55.1 cm³/mol. The first-order valence-electron chi connectivity index (χ1n) is 4.83. The Morgan fingerprint density at radius 2 is 0.538 bits per heavy atom. The second-order valence-corrected chi connectivity index (χ2v) is 3.00. The van der Waals surface area contributed by atoms with Crippen molar-refractivity contribution in [2.75, 3.05) is 52.4 Å². The molecule has 13 heavy (non-hydrogen) atoms. The van der Waals surface area contributed by atoms with Crippen molar-refractivity contribution >= 4 is 0 Å². The van der Waals surface area contributed by atoms with Crippen LogP contribution >= 0.6 is 0 Å². The van der Waals surface area contributed by atoms with E-state index in [1.807, 2.05) is 0 Å². The van der Waals surface area contributed by atoms with Crippen molar-refractivity contribution in [1.29, 1.82) is 0 Å². The molecule has 0 saturated carbocycles. The molecule has 5 nitrogen and oxygen atoms in total. The fourth-order valence-corrected chi connectivity index (χ4v) is 1.21. The average molecular weight is 190 g/mol. The lowest BCUT2D eigenvalue weighted by Gasteiger charge is -2.11. The van der Waals surface area contributed by atoms with Gasteiger partial charge in [-0.25, -0.2) is 0 Å². The summed E-state index contributed by atoms with van der Waals surface area (Å²) in [7, 11) is 0. The first kappa shape index (κ1) is 12.8. The molecule has 0 aromatic carbocycles. The van der Waals surface area contributed by atoms with Gasteiger partial charge in [-0.15, -0.1) is 0 Å². The lowest BCUT2D eigenvalue weighted by atomic mass is 10.4. The van der Waals surface area contributed by atoms with Crippen LogP contribution in [0.15, 0.2) is 0 Å². The quantitative estimate of drug-likeness (QED) is 0.341. The van der Waals surface area contributed by atoms with Crippen molar-refractivity contribution in [2.45, 2.75) is 0 Å². The molecule has 0 aliphatic carbocycles. The summed E-state index contributed by atoms with van der Waals surface area (Å²) in [6.45, 7) is 8.57. The summed E-state index contributed by atoms with van der Waals surface area (Å²) in [4.78, 5) is 0. The fraction of sp³-hybridized carbons (Fsp3) is 1.00. The van der Waals surface area contributed by atoms with Crippen LogP contribution in [-0.4, -0.2) is 57.8 Å². The van der Waals surface area contributed by atoms with Gasteiger partial charge in [-0.05, 0) is 0 Å². The molecule has 0 amide bonds. The normalized spacial score (nSPS) is 22.2. The third-order valence-corrected chi connectivity index (χ3v) is 1.91. The van der Waals surface area contributed by atoms with Gasteiger partial charge in [-0.2, -0.15) is 0 Å². The highest BCUT2D eigenvalue weighted by Gasteiger charge is 1.92. The zero-order chi connectivity index (χ0) is 8.49. The zero-order valence-corrected chi connectivity index (χ0v) is 8.16. The molecule has 0 aromatic heterocycles. The van der Waals surface area contributed by atoms with E-state index in [1.54, 1.807) is 0 Å². The van der Waals surface area contributed by atoms with Gasteiger partial charge >= 0.3 is 0 Å². The molecular formula is C8H22N4O. The second kappa shape index (κ2) is 9.88. The van der Waals surface area contributed by atoms with Crippen LogP contribution in [0.5, 0.6) is 0 Å². The lowest BCUT2D eigenvalue weighted by molar-refractivity contribution is 0.534. The van der Waals surface area contributed by atoms with Gasteiger partial charge < -0.3 is 26.7 Å². The molecule has 0 spiro atoms. The Bertz CT molecular complexity index is 59.1. The maximum Gasteiger partial charge on any atom is 0.00772 e. The average Bonchev–Trinajstić information content (AvgIpc) is 2.05. The zero-order valence-electron chi connectivity index (χ0n) is 8.16. The molecule has 0 bridgehead atoms. The third kappa shape index (κ3) is 8.14. The van der Waals surface area contributed by atoms with Crippen molar-refractivity contribution in [2.24, 2.45) is 0 Å². The molecule has 1 fully saturated rings. The Labute approximate surface area is 80.0 Å². The largest absolute Gasteiger partial charge is 0.412 e. The van der Waals surface area contributed by atoms with Crippen LogP contribution in [0.4, 0.5) is 0 Å². The van der Waals surface area contributed by atoms with Gasteiger partial charge in [-0.1, -0.05) is 0 Å². The van der Waals surface area contributed by atoms with Crippen molar-refractivity contribution in [3.8, 4) is 0 Å². The Morgan fingerprint density at radius 3 is 0.692 bits per heavy atom. The number of hydrogen-bond acceptors (Lipinski definition) is 4. The van der Waals surface area contributed by atoms with E-state index in [-0.39, 0.29) is 5.48 Å². The van der Waals surface area contributed by atoms with Crippen LogP contribution in [0.3, 0.4) is 0 Å². The Balaban J connectivity index is 0.00000144. The molecule has 1 heterocycles. The first-order valence-corrected chi connectivity index (χ1v) is 4.83. The Hall–Kier alpha value is -0.200. The third-order valence-electron chi connectivity index (χ3n) is 1.91. The number of nitrogens with one attached hydrogen (secondary N) is 4. The van der Waals surface area contributed by atoms with Crippen LogP contribution in [-0.2, 0) is 0 Å². The summed E-state index contributed by atoms with van der Waals surface area (Å²) in [5.41, 5.74) is 0. The van der Waals surface area contributed by atoms with Gasteiger partial charge in [-0.3, -0.25) is 0 Å². The van der Waals surface area contributed by atoms with E-state index in [9.17, 15) is 0 Å². The van der Waals surface area contributed by atoms with E-state index >= 15 is 0 Å². The van der Waals surface area contributed by atoms with Gasteiger partial charge in [0.1, 0.15) is 0 Å². The molecule has 5 heteroatoms. The smallest absolute Gasteiger partial charge is 0.00772 e. The van der Waals surface area contributed by atoms with E-state index in [0.29, 0.717) is 0 Å². The fourth-order valence-electron chi connectivity index (χ4n) is 1.21. The van der Waals surface area contributed by atoms with Gasteiger partial charge in [0.15, 0.2) is 0 Å². The summed E-state index contributed by atoms with van der Waals surface area (Å²) < 4.78 is 0. The monoisotopic (exact) mass is 190 g/mol. The van der Waals surface area contributed by atoms with E-state index in [2.05, 4.69) is 21.3 Å². The van der Waals surface area contributed by atoms with E-state index in [1.165, 1.54) is 0 Å². The van der Waals surface area contributed by atoms with Gasteiger partial charge in [0.2, 0.25) is 0 Å². The summed E-state index contributed by atoms with van der Waals surface area (Å²) in [5, 5.41) is 13.4. The molecule has 6 N–H and O–H groups in total. The molecule has 0 atom stereocenters. The van der Waals surface area contributed by atoms with Gasteiger partial charge in [0.25, 0.3) is 0 Å². The van der Waals surface area contributed by atoms with Crippen molar-refractivity contribution < 1.29 is 5.48 Å². The minimum Gasteiger partial charge on any atom is -0.412 e. The minimum atomic E-state index is 0. The molecule has 0 unspecified atom stereocenters. The maximum atomic E-state index is 3.36. The molecule has 1 aliphatic rings. The standard InChI is InChI=1S/C8H20N4.H2O/c1-2-10-5-6-12-8-7-11-4-3-9-1;/h9-12H,1-8H2;1H2. The van der Waals surface area contributed by atoms with Crippen LogP contribution in [0.1, 0.15) is 0 Å². The summed E-state index contributed by atoms with van der Waals surface area (Å²) in [5.74, 6) is 0. The topological polar surface area (TPSA) is 79.6 Å². The Kier molecular flexibility index (Phi) is 9.73. The molecule has 80 valence electrons. The van der Waals surface area contributed by atoms with E-state index < -0.39 is 0 Å². The molecule has 0 aromatic rings. The van der Waals surface area contributed by atoms with Gasteiger partial charge in [0, 0.05) is 52.4 Å². The number of rotatable bonds is 0. The molecule has 1 aliphatic heterocycles. The van der Waals surface area contributed by atoms with Crippen molar-refractivity contribution in [3.63, 3.8) is 0 Å². The highest BCUT2D eigenvalue weighted by molar-refractivity contribution is 4.59. The predicted octanol–water partition coefficient (Wildman–Crippen LogP) is -2.47. The summed E-state index contributed by atoms with van der Waals surface area (Å²) in [6, 6.07) is 0. The maximum absolute atomic E-state index is 3.36. The first-order chi connectivity index (χ1) is 6.00. The van der Waals surface area contributed by atoms with E-state index in [0.717, 1.165) is 52.4 Å². The van der Waals surface area contributed by atoms with Crippen LogP contribution in [0.25, 0.3) is 0 Å². The molecular weight excluding hydrogens is 168 g/mol. The van der Waals surface area contributed by atoms with Crippen LogP contribution < -0.4 is 21.3 Å². The van der Waals surface area contributed by atoms with Crippen LogP contribution in [0, 0.1) is 0 Å². The number of hydrogen-bond donors (Lipinski definition) is 4. The highest BCUT2D eigenvalue weighted by atomic mass is 16.0. The summed E-state index contributed by atoms with van der Waals surface area (Å²) >= 11 is 0. The lowest BCUT2D eigenvalue weighted by Crippen LogP contribution is -2.39. The SMILES string of the molecule is C1CNCCNCCNCCN1.O. The molecule has 1 saturated heterocycles. The van der Waals surface area contributed by atoms with Crippen molar-refractivity contribution in [1.82, 2.24) is 21.3 Å². The molecule has 0 radical (unpaired) electrons. The Morgan fingerprint density at radius 1 is 0.385 bits per heavy atom.